The van der Waals surface area contributed by atoms with Crippen LogP contribution in [0.15, 0.2) is 24.5 Å². The third-order valence-corrected chi connectivity index (χ3v) is 3.36. The van der Waals surface area contributed by atoms with Crippen molar-refractivity contribution in [2.45, 2.75) is 13.0 Å². The van der Waals surface area contributed by atoms with Crippen LogP contribution in [0.1, 0.15) is 18.5 Å². The molecule has 0 radical (unpaired) electrons. The summed E-state index contributed by atoms with van der Waals surface area (Å²) in [5, 5.41) is 8.56. The fourth-order valence-corrected chi connectivity index (χ4v) is 2.20. The predicted molar refractivity (Wildman–Crippen MR) is 56.7 cm³/mol. The number of aliphatic hydroxyl groups excluding tert-OH is 1. The van der Waals surface area contributed by atoms with Gasteiger partial charge >= 0.3 is 0 Å². The van der Waals surface area contributed by atoms with Gasteiger partial charge in [-0.25, -0.2) is 13.1 Å². The molecule has 0 spiro atoms. The number of hydrogen-bond acceptors (Lipinski definition) is 4. The molecule has 1 heterocycles. The van der Waals surface area contributed by atoms with Crippen molar-refractivity contribution >= 4 is 10.0 Å². The van der Waals surface area contributed by atoms with E-state index in [0.29, 0.717) is 0 Å². The number of aromatic nitrogens is 1. The number of nitrogens with zero attached hydrogens (tertiary/aromatic N) is 1. The highest BCUT2D eigenvalue weighted by atomic mass is 32.2. The van der Waals surface area contributed by atoms with E-state index in [0.717, 1.165) is 5.56 Å². The molecule has 0 saturated carbocycles. The minimum atomic E-state index is -3.40. The molecule has 0 fully saturated rings. The summed E-state index contributed by atoms with van der Waals surface area (Å²) in [4.78, 5) is 3.84. The molecule has 6 heteroatoms. The average Bonchev–Trinajstić information content (AvgIpc) is 2.18. The summed E-state index contributed by atoms with van der Waals surface area (Å²) in [5.74, 6) is -0.275. The van der Waals surface area contributed by atoms with E-state index >= 15 is 0 Å². The fraction of sp³-hybridized carbons (Fsp3) is 0.444. The van der Waals surface area contributed by atoms with Gasteiger partial charge in [-0.2, -0.15) is 0 Å². The van der Waals surface area contributed by atoms with Crippen LogP contribution in [0.4, 0.5) is 0 Å². The predicted octanol–water partition coefficient (Wildman–Crippen LogP) is 0.0543. The molecule has 1 atom stereocenters. The Bertz CT molecular complexity index is 391. The third-order valence-electron chi connectivity index (χ3n) is 1.92. The van der Waals surface area contributed by atoms with E-state index in [1.165, 1.54) is 0 Å². The number of sulfonamides is 1. The fourth-order valence-electron chi connectivity index (χ4n) is 1.17. The third kappa shape index (κ3) is 3.94. The minimum Gasteiger partial charge on any atom is -0.395 e. The first-order valence-corrected chi connectivity index (χ1v) is 6.21. The lowest BCUT2D eigenvalue weighted by molar-refractivity contribution is 0.319. The molecule has 1 aromatic heterocycles. The van der Waals surface area contributed by atoms with Gasteiger partial charge < -0.3 is 5.11 Å². The maximum absolute atomic E-state index is 11.3. The maximum Gasteiger partial charge on any atom is 0.214 e. The van der Waals surface area contributed by atoms with Crippen molar-refractivity contribution < 1.29 is 13.5 Å². The van der Waals surface area contributed by atoms with Gasteiger partial charge in [-0.15, -0.1) is 0 Å². The van der Waals surface area contributed by atoms with Gasteiger partial charge in [-0.3, -0.25) is 4.98 Å². The first-order chi connectivity index (χ1) is 7.05. The van der Waals surface area contributed by atoms with E-state index in [1.807, 2.05) is 0 Å². The lowest BCUT2D eigenvalue weighted by Gasteiger charge is -2.13. The normalized spacial score (nSPS) is 13.7. The van der Waals surface area contributed by atoms with Gasteiger partial charge in [0.25, 0.3) is 0 Å². The summed E-state index contributed by atoms with van der Waals surface area (Å²) in [6.07, 6.45) is 3.21. The zero-order chi connectivity index (χ0) is 11.3. The Morgan fingerprint density at radius 3 is 2.60 bits per heavy atom. The average molecular weight is 230 g/mol. The summed E-state index contributed by atoms with van der Waals surface area (Å²) in [6.45, 7) is 1.36. The number of pyridine rings is 1. The van der Waals surface area contributed by atoms with Crippen molar-refractivity contribution in [3.8, 4) is 0 Å². The van der Waals surface area contributed by atoms with Gasteiger partial charge in [0, 0.05) is 18.4 Å². The SMILES string of the molecule is CC(NS(=O)(=O)CCO)c1ccncc1. The van der Waals surface area contributed by atoms with Crippen LogP contribution in [0.2, 0.25) is 0 Å². The van der Waals surface area contributed by atoms with Crippen molar-refractivity contribution in [2.24, 2.45) is 0 Å². The van der Waals surface area contributed by atoms with Gasteiger partial charge in [0.05, 0.1) is 12.4 Å². The van der Waals surface area contributed by atoms with Crippen LogP contribution >= 0.6 is 0 Å². The Kier molecular flexibility index (Phi) is 4.19. The quantitative estimate of drug-likeness (QED) is 0.749. The topological polar surface area (TPSA) is 79.3 Å². The van der Waals surface area contributed by atoms with E-state index in [4.69, 9.17) is 5.11 Å². The minimum absolute atomic E-state index is 0.275. The second-order valence-corrected chi connectivity index (χ2v) is 5.04. The Morgan fingerprint density at radius 2 is 2.07 bits per heavy atom. The highest BCUT2D eigenvalue weighted by molar-refractivity contribution is 7.89. The molecule has 2 N–H and O–H groups in total. The van der Waals surface area contributed by atoms with Crippen LogP contribution in [0.3, 0.4) is 0 Å². The van der Waals surface area contributed by atoms with Crippen molar-refractivity contribution in [3.05, 3.63) is 30.1 Å². The molecule has 0 amide bonds. The molecule has 0 saturated heterocycles. The van der Waals surface area contributed by atoms with Crippen LogP contribution in [0, 0.1) is 0 Å². The monoisotopic (exact) mass is 230 g/mol. The first kappa shape index (κ1) is 12.1. The van der Waals surface area contributed by atoms with E-state index in [9.17, 15) is 8.42 Å². The van der Waals surface area contributed by atoms with Crippen LogP contribution in [0.5, 0.6) is 0 Å². The molecule has 1 aromatic rings. The molecule has 0 bridgehead atoms. The number of rotatable bonds is 5. The van der Waals surface area contributed by atoms with Gasteiger partial charge in [0.2, 0.25) is 10.0 Å². The zero-order valence-electron chi connectivity index (χ0n) is 8.42. The molecule has 0 aliphatic heterocycles. The number of aliphatic hydroxyl groups is 1. The summed E-state index contributed by atoms with van der Waals surface area (Å²) in [7, 11) is -3.40. The molecule has 15 heavy (non-hydrogen) atoms. The Labute approximate surface area is 89.2 Å². The Balaban J connectivity index is 2.68. The van der Waals surface area contributed by atoms with E-state index in [2.05, 4.69) is 9.71 Å². The van der Waals surface area contributed by atoms with Crippen LogP contribution < -0.4 is 4.72 Å². The molecule has 5 nitrogen and oxygen atoms in total. The van der Waals surface area contributed by atoms with Crippen molar-refractivity contribution in [1.82, 2.24) is 9.71 Å². The summed E-state index contributed by atoms with van der Waals surface area (Å²) >= 11 is 0. The Hall–Kier alpha value is -0.980. The number of hydrogen-bond donors (Lipinski definition) is 2. The molecule has 1 unspecified atom stereocenters. The van der Waals surface area contributed by atoms with E-state index < -0.39 is 10.0 Å². The molecular weight excluding hydrogens is 216 g/mol. The standard InChI is InChI=1S/C9H14N2O3S/c1-8(9-2-4-10-5-3-9)11-15(13,14)7-6-12/h2-5,8,11-12H,6-7H2,1H3. The lowest BCUT2D eigenvalue weighted by Crippen LogP contribution is -2.30. The van der Waals surface area contributed by atoms with Crippen molar-refractivity contribution in [2.75, 3.05) is 12.4 Å². The maximum atomic E-state index is 11.3. The summed E-state index contributed by atoms with van der Waals surface area (Å²) in [6, 6.07) is 3.17. The van der Waals surface area contributed by atoms with Crippen LogP contribution in [-0.4, -0.2) is 30.9 Å². The summed E-state index contributed by atoms with van der Waals surface area (Å²) < 4.78 is 25.1. The summed E-state index contributed by atoms with van der Waals surface area (Å²) in [5.41, 5.74) is 0.839. The number of nitrogens with one attached hydrogen (secondary N) is 1. The second kappa shape index (κ2) is 5.20. The molecular formula is C9H14N2O3S. The van der Waals surface area contributed by atoms with Gasteiger partial charge in [-0.1, -0.05) is 0 Å². The molecule has 84 valence electrons. The molecule has 0 aliphatic carbocycles. The second-order valence-electron chi connectivity index (χ2n) is 3.16. The smallest absolute Gasteiger partial charge is 0.214 e. The first-order valence-electron chi connectivity index (χ1n) is 4.56. The molecule has 1 rings (SSSR count). The highest BCUT2D eigenvalue weighted by Crippen LogP contribution is 2.11. The molecule has 0 aromatic carbocycles. The van der Waals surface area contributed by atoms with Gasteiger partial charge in [-0.05, 0) is 24.6 Å². The zero-order valence-corrected chi connectivity index (χ0v) is 9.24. The van der Waals surface area contributed by atoms with Gasteiger partial charge in [0.15, 0.2) is 0 Å². The van der Waals surface area contributed by atoms with Crippen molar-refractivity contribution in [1.29, 1.82) is 0 Å². The van der Waals surface area contributed by atoms with E-state index in [1.54, 1.807) is 31.5 Å². The van der Waals surface area contributed by atoms with E-state index in [-0.39, 0.29) is 18.4 Å². The van der Waals surface area contributed by atoms with Crippen molar-refractivity contribution in [3.63, 3.8) is 0 Å². The van der Waals surface area contributed by atoms with Crippen LogP contribution in [-0.2, 0) is 10.0 Å². The largest absolute Gasteiger partial charge is 0.395 e. The van der Waals surface area contributed by atoms with Gasteiger partial charge in [0.1, 0.15) is 0 Å². The highest BCUT2D eigenvalue weighted by Gasteiger charge is 2.14. The lowest BCUT2D eigenvalue weighted by atomic mass is 10.1. The van der Waals surface area contributed by atoms with Crippen LogP contribution in [0.25, 0.3) is 0 Å². The molecule has 0 aliphatic rings. The Morgan fingerprint density at radius 1 is 1.47 bits per heavy atom.